The lowest BCUT2D eigenvalue weighted by atomic mass is 9.48. The molecular formula is C34H47N3O4S. The molecule has 0 heterocycles. The van der Waals surface area contributed by atoms with Crippen LogP contribution in [0.1, 0.15) is 70.4 Å². The van der Waals surface area contributed by atoms with Crippen LogP contribution in [-0.2, 0) is 31.4 Å². The molecule has 42 heavy (non-hydrogen) atoms. The van der Waals surface area contributed by atoms with E-state index in [1.165, 1.54) is 53.3 Å². The van der Waals surface area contributed by atoms with Crippen molar-refractivity contribution in [1.29, 1.82) is 0 Å². The lowest BCUT2D eigenvalue weighted by Crippen LogP contribution is -2.52. The van der Waals surface area contributed by atoms with Gasteiger partial charge < -0.3 is 10.2 Å². The minimum Gasteiger partial charge on any atom is -0.354 e. The van der Waals surface area contributed by atoms with Gasteiger partial charge in [0, 0.05) is 13.1 Å². The van der Waals surface area contributed by atoms with E-state index >= 15 is 0 Å². The molecule has 2 amide bonds. The van der Waals surface area contributed by atoms with Crippen molar-refractivity contribution < 1.29 is 18.0 Å². The molecule has 6 rings (SSSR count). The van der Waals surface area contributed by atoms with Gasteiger partial charge in [-0.15, -0.1) is 0 Å². The highest BCUT2D eigenvalue weighted by atomic mass is 32.2. The van der Waals surface area contributed by atoms with Crippen molar-refractivity contribution in [2.75, 3.05) is 30.2 Å². The van der Waals surface area contributed by atoms with E-state index in [9.17, 15) is 18.0 Å². The molecule has 8 heteroatoms. The van der Waals surface area contributed by atoms with Gasteiger partial charge in [-0.25, -0.2) is 8.42 Å². The van der Waals surface area contributed by atoms with Crippen molar-refractivity contribution in [3.05, 3.63) is 65.7 Å². The van der Waals surface area contributed by atoms with E-state index in [-0.39, 0.29) is 23.8 Å². The summed E-state index contributed by atoms with van der Waals surface area (Å²) in [5, 5.41) is 2.93. The molecule has 4 aliphatic carbocycles. The number of benzene rings is 2. The topological polar surface area (TPSA) is 86.8 Å². The van der Waals surface area contributed by atoms with E-state index in [4.69, 9.17) is 0 Å². The zero-order chi connectivity index (χ0) is 30.1. The fraction of sp³-hybridized carbons (Fsp3) is 0.588. The third-order valence-corrected chi connectivity index (χ3v) is 11.0. The van der Waals surface area contributed by atoms with Crippen molar-refractivity contribution in [3.63, 3.8) is 0 Å². The number of hydrogen-bond donors (Lipinski definition) is 1. The van der Waals surface area contributed by atoms with Crippen molar-refractivity contribution in [1.82, 2.24) is 10.2 Å². The highest BCUT2D eigenvalue weighted by molar-refractivity contribution is 7.92. The Morgan fingerprint density at radius 2 is 1.48 bits per heavy atom. The summed E-state index contributed by atoms with van der Waals surface area (Å²) in [6, 6.07) is 17.0. The van der Waals surface area contributed by atoms with Gasteiger partial charge in [-0.05, 0) is 104 Å². The number of amides is 2. The summed E-state index contributed by atoms with van der Waals surface area (Å²) >= 11 is 0. The number of carbonyl (C=O) groups is 2. The van der Waals surface area contributed by atoms with Crippen LogP contribution in [0.3, 0.4) is 0 Å². The molecule has 4 fully saturated rings. The number of anilines is 1. The van der Waals surface area contributed by atoms with Crippen molar-refractivity contribution in [2.24, 2.45) is 23.7 Å². The first-order valence-electron chi connectivity index (χ1n) is 15.6. The molecule has 2 aromatic rings. The Bertz CT molecular complexity index is 1320. The molecule has 0 radical (unpaired) electrons. The number of sulfonamides is 1. The van der Waals surface area contributed by atoms with Crippen LogP contribution in [0.4, 0.5) is 5.69 Å². The number of carbonyl (C=O) groups excluding carboxylic acids is 2. The molecule has 4 saturated carbocycles. The highest BCUT2D eigenvalue weighted by Gasteiger charge is 2.51. The van der Waals surface area contributed by atoms with Crippen LogP contribution in [-0.4, -0.2) is 57.1 Å². The molecule has 7 nitrogen and oxygen atoms in total. The largest absolute Gasteiger partial charge is 0.354 e. The lowest BCUT2D eigenvalue weighted by Gasteiger charge is -2.57. The van der Waals surface area contributed by atoms with E-state index < -0.39 is 22.0 Å². The molecule has 0 saturated heterocycles. The second kappa shape index (κ2) is 12.4. The Labute approximate surface area is 252 Å². The monoisotopic (exact) mass is 593 g/mol. The maximum absolute atomic E-state index is 13.8. The molecule has 1 unspecified atom stereocenters. The summed E-state index contributed by atoms with van der Waals surface area (Å²) in [6.45, 7) is 6.20. The summed E-state index contributed by atoms with van der Waals surface area (Å²) in [5.41, 5.74) is 3.06. The lowest BCUT2D eigenvalue weighted by molar-refractivity contribution is -0.138. The third kappa shape index (κ3) is 6.85. The van der Waals surface area contributed by atoms with E-state index in [1.807, 2.05) is 56.3 Å². The smallest absolute Gasteiger partial charge is 0.244 e. The fourth-order valence-corrected chi connectivity index (χ4v) is 8.93. The Kier molecular flexibility index (Phi) is 9.02. The zero-order valence-corrected chi connectivity index (χ0v) is 26.4. The molecule has 4 aliphatic rings. The van der Waals surface area contributed by atoms with Crippen LogP contribution in [0.5, 0.6) is 0 Å². The summed E-state index contributed by atoms with van der Waals surface area (Å²) in [6.07, 6.45) is 9.52. The second-order valence-electron chi connectivity index (χ2n) is 13.7. The van der Waals surface area contributed by atoms with Gasteiger partial charge in [-0.2, -0.15) is 0 Å². The second-order valence-corrected chi connectivity index (χ2v) is 15.6. The van der Waals surface area contributed by atoms with Crippen LogP contribution in [0.2, 0.25) is 0 Å². The van der Waals surface area contributed by atoms with Crippen LogP contribution in [0.15, 0.2) is 54.6 Å². The van der Waals surface area contributed by atoms with E-state index in [2.05, 4.69) is 17.4 Å². The van der Waals surface area contributed by atoms with Gasteiger partial charge in [-0.1, -0.05) is 56.3 Å². The minimum atomic E-state index is -3.75. The third-order valence-electron chi connectivity index (χ3n) is 9.82. The Hall–Kier alpha value is -2.87. The molecule has 0 spiro atoms. The van der Waals surface area contributed by atoms with Gasteiger partial charge in [0.25, 0.3) is 0 Å². The maximum Gasteiger partial charge on any atom is 0.244 e. The number of hydrogen-bond acceptors (Lipinski definition) is 4. The molecule has 0 aliphatic heterocycles. The first-order valence-corrected chi connectivity index (χ1v) is 17.5. The Balaban J connectivity index is 1.35. The molecular weight excluding hydrogens is 546 g/mol. The SMILES string of the molecule is CC(C)CNC(=O)C(C)N(CCc1ccccc1)C(=O)CN(c1ccc(C23CC4CC(CC(C4)C2)C3)cc1)S(C)(=O)=O. The first kappa shape index (κ1) is 30.6. The summed E-state index contributed by atoms with van der Waals surface area (Å²) in [7, 11) is -3.75. The molecule has 4 bridgehead atoms. The van der Waals surface area contributed by atoms with Crippen LogP contribution < -0.4 is 9.62 Å². The van der Waals surface area contributed by atoms with Gasteiger partial charge in [0.2, 0.25) is 21.8 Å². The molecule has 1 atom stereocenters. The first-order chi connectivity index (χ1) is 19.9. The average Bonchev–Trinajstić information content (AvgIpc) is 2.94. The minimum absolute atomic E-state index is 0.214. The van der Waals surface area contributed by atoms with Crippen LogP contribution >= 0.6 is 0 Å². The van der Waals surface area contributed by atoms with Gasteiger partial charge in [0.1, 0.15) is 12.6 Å². The molecule has 1 N–H and O–H groups in total. The fourth-order valence-electron chi connectivity index (χ4n) is 8.08. The van der Waals surface area contributed by atoms with Crippen LogP contribution in [0.25, 0.3) is 0 Å². The summed E-state index contributed by atoms with van der Waals surface area (Å²) in [4.78, 5) is 28.4. The Morgan fingerprint density at radius 1 is 0.905 bits per heavy atom. The van der Waals surface area contributed by atoms with E-state index in [0.717, 1.165) is 29.6 Å². The zero-order valence-electron chi connectivity index (χ0n) is 25.6. The van der Waals surface area contributed by atoms with Crippen molar-refractivity contribution in [2.45, 2.75) is 77.2 Å². The van der Waals surface area contributed by atoms with Gasteiger partial charge in [-0.3, -0.25) is 13.9 Å². The maximum atomic E-state index is 13.8. The normalized spacial score (nSPS) is 25.3. The highest BCUT2D eigenvalue weighted by Crippen LogP contribution is 2.60. The molecule has 228 valence electrons. The van der Waals surface area contributed by atoms with Gasteiger partial charge in [0.15, 0.2) is 0 Å². The van der Waals surface area contributed by atoms with E-state index in [0.29, 0.717) is 25.2 Å². The average molecular weight is 594 g/mol. The standard InChI is InChI=1S/C34H47N3O4S/c1-24(2)22-35-33(39)25(3)36(15-14-26-8-6-5-7-9-26)32(38)23-37(42(4,40)41)31-12-10-30(11-13-31)34-19-27-16-28(20-34)18-29(17-27)21-34/h5-13,24-25,27-29H,14-23H2,1-4H3,(H,35,39). The van der Waals surface area contributed by atoms with Crippen LogP contribution in [0, 0.1) is 23.7 Å². The molecule has 2 aromatic carbocycles. The van der Waals surface area contributed by atoms with Gasteiger partial charge in [0.05, 0.1) is 11.9 Å². The summed E-state index contributed by atoms with van der Waals surface area (Å²) < 4.78 is 27.3. The number of nitrogens with zero attached hydrogens (tertiary/aromatic N) is 2. The van der Waals surface area contributed by atoms with Crippen molar-refractivity contribution >= 4 is 27.5 Å². The predicted molar refractivity (Wildman–Crippen MR) is 168 cm³/mol. The number of nitrogens with one attached hydrogen (secondary N) is 1. The number of rotatable bonds is 12. The van der Waals surface area contributed by atoms with Crippen molar-refractivity contribution in [3.8, 4) is 0 Å². The molecule has 0 aromatic heterocycles. The van der Waals surface area contributed by atoms with E-state index in [1.54, 1.807) is 6.92 Å². The predicted octanol–water partition coefficient (Wildman–Crippen LogP) is 5.15. The summed E-state index contributed by atoms with van der Waals surface area (Å²) in [5.74, 6) is 2.11. The quantitative estimate of drug-likeness (QED) is 0.369. The van der Waals surface area contributed by atoms with Gasteiger partial charge >= 0.3 is 0 Å². The Morgan fingerprint density at radius 3 is 2.00 bits per heavy atom.